The summed E-state index contributed by atoms with van der Waals surface area (Å²) in [5.41, 5.74) is 4.42. The van der Waals surface area contributed by atoms with E-state index in [9.17, 15) is 5.11 Å². The summed E-state index contributed by atoms with van der Waals surface area (Å²) in [7, 11) is 0. The predicted octanol–water partition coefficient (Wildman–Crippen LogP) is 4.17. The van der Waals surface area contributed by atoms with Crippen LogP contribution in [-0.2, 0) is 9.68 Å². The molecule has 0 bridgehead atoms. The van der Waals surface area contributed by atoms with Gasteiger partial charge in [-0.1, -0.05) is 54.1 Å². The Morgan fingerprint density at radius 1 is 0.895 bits per heavy atom. The van der Waals surface area contributed by atoms with Crippen molar-refractivity contribution in [3.63, 3.8) is 0 Å². The van der Waals surface area contributed by atoms with Crippen molar-refractivity contribution >= 4 is 11.8 Å². The molecule has 2 aromatic carbocycles. The maximum Gasteiger partial charge on any atom is 0.162 e. The van der Waals surface area contributed by atoms with E-state index in [4.69, 9.17) is 0 Å². The molecule has 0 saturated carbocycles. The van der Waals surface area contributed by atoms with Gasteiger partial charge in [0.15, 0.2) is 4.93 Å². The minimum atomic E-state index is -0.937. The van der Waals surface area contributed by atoms with E-state index in [1.54, 1.807) is 11.8 Å². The molecule has 0 fully saturated rings. The van der Waals surface area contributed by atoms with Gasteiger partial charge in [-0.2, -0.15) is 0 Å². The van der Waals surface area contributed by atoms with Crippen LogP contribution in [0.3, 0.4) is 0 Å². The number of aliphatic hydroxyl groups is 1. The molecular weight excluding hydrogens is 252 g/mol. The van der Waals surface area contributed by atoms with E-state index < -0.39 is 4.93 Å². The number of fused-ring (bicyclic) bond motifs is 1. The first-order chi connectivity index (χ1) is 8.93. The van der Waals surface area contributed by atoms with Crippen LogP contribution in [-0.4, -0.2) is 5.11 Å². The molecule has 1 atom stereocenters. The zero-order valence-electron chi connectivity index (χ0n) is 11.5. The fraction of sp³-hybridized carbons (Fsp3) is 0.294. The number of hydrogen-bond acceptors (Lipinski definition) is 2. The summed E-state index contributed by atoms with van der Waals surface area (Å²) in [6.07, 6.45) is 0. The molecule has 0 spiro atoms. The molecule has 0 saturated heterocycles. The fourth-order valence-corrected chi connectivity index (χ4v) is 4.35. The van der Waals surface area contributed by atoms with Gasteiger partial charge in [-0.3, -0.25) is 0 Å². The Hall–Kier alpha value is -1.25. The largest absolute Gasteiger partial charge is 0.371 e. The number of thioether (sulfide) groups is 1. The van der Waals surface area contributed by atoms with E-state index in [0.717, 1.165) is 11.1 Å². The zero-order chi connectivity index (χ0) is 13.7. The number of hydrogen-bond donors (Lipinski definition) is 1. The average Bonchev–Trinajstić information content (AvgIpc) is 2.59. The normalized spacial score (nSPS) is 24.2. The minimum absolute atomic E-state index is 0.0732. The Labute approximate surface area is 118 Å². The summed E-state index contributed by atoms with van der Waals surface area (Å²) in [6, 6.07) is 16.4. The summed E-state index contributed by atoms with van der Waals surface area (Å²) < 4.78 is -0.0732. The molecule has 2 heteroatoms. The van der Waals surface area contributed by atoms with E-state index in [0.29, 0.717) is 0 Å². The third-order valence-electron chi connectivity index (χ3n) is 3.79. The molecule has 1 nitrogen and oxygen atoms in total. The molecule has 19 heavy (non-hydrogen) atoms. The molecule has 0 radical (unpaired) electrons. The van der Waals surface area contributed by atoms with E-state index in [1.807, 2.05) is 30.3 Å². The SMILES string of the molecule is Cc1ccc(C2(O)SC(C)(C)c3ccccc32)cc1. The summed E-state index contributed by atoms with van der Waals surface area (Å²) >= 11 is 1.61. The molecule has 0 amide bonds. The lowest BCUT2D eigenvalue weighted by Crippen LogP contribution is -2.20. The highest BCUT2D eigenvalue weighted by Gasteiger charge is 2.48. The van der Waals surface area contributed by atoms with Crippen molar-refractivity contribution < 1.29 is 5.11 Å². The van der Waals surface area contributed by atoms with Crippen molar-refractivity contribution in [3.8, 4) is 0 Å². The van der Waals surface area contributed by atoms with Crippen LogP contribution in [0.25, 0.3) is 0 Å². The van der Waals surface area contributed by atoms with Crippen LogP contribution in [0.5, 0.6) is 0 Å². The predicted molar refractivity (Wildman–Crippen MR) is 81.2 cm³/mol. The molecule has 1 aliphatic heterocycles. The molecule has 1 heterocycles. The van der Waals surface area contributed by atoms with Gasteiger partial charge in [0, 0.05) is 10.3 Å². The average molecular weight is 270 g/mol. The van der Waals surface area contributed by atoms with E-state index in [1.165, 1.54) is 11.1 Å². The quantitative estimate of drug-likeness (QED) is 0.839. The number of aryl methyl sites for hydroxylation is 1. The van der Waals surface area contributed by atoms with Gasteiger partial charge in [0.1, 0.15) is 0 Å². The highest BCUT2D eigenvalue weighted by atomic mass is 32.2. The third-order valence-corrected chi connectivity index (χ3v) is 5.27. The molecule has 0 aromatic heterocycles. The first-order valence-corrected chi connectivity index (χ1v) is 7.35. The lowest BCUT2D eigenvalue weighted by Gasteiger charge is -2.26. The first kappa shape index (κ1) is 12.8. The highest BCUT2D eigenvalue weighted by molar-refractivity contribution is 8.01. The van der Waals surface area contributed by atoms with Crippen LogP contribution in [0.2, 0.25) is 0 Å². The Balaban J connectivity index is 2.19. The van der Waals surface area contributed by atoms with Crippen molar-refractivity contribution in [2.75, 3.05) is 0 Å². The zero-order valence-corrected chi connectivity index (χ0v) is 12.3. The molecule has 98 valence electrons. The maximum absolute atomic E-state index is 11.2. The molecule has 1 N–H and O–H groups in total. The van der Waals surface area contributed by atoms with E-state index in [-0.39, 0.29) is 4.75 Å². The summed E-state index contributed by atoms with van der Waals surface area (Å²) in [4.78, 5) is -0.937. The lowest BCUT2D eigenvalue weighted by atomic mass is 9.91. The van der Waals surface area contributed by atoms with Crippen molar-refractivity contribution in [1.82, 2.24) is 0 Å². The molecule has 2 aromatic rings. The van der Waals surface area contributed by atoms with Crippen LogP contribution in [0.1, 0.15) is 36.1 Å². The molecule has 0 aliphatic carbocycles. The summed E-state index contributed by atoms with van der Waals surface area (Å²) in [6.45, 7) is 6.40. The number of rotatable bonds is 1. The minimum Gasteiger partial charge on any atom is -0.371 e. The van der Waals surface area contributed by atoms with Gasteiger partial charge in [0.05, 0.1) is 0 Å². The molecule has 1 aliphatic rings. The van der Waals surface area contributed by atoms with Crippen LogP contribution in [0.4, 0.5) is 0 Å². The van der Waals surface area contributed by atoms with Crippen LogP contribution >= 0.6 is 11.8 Å². The van der Waals surface area contributed by atoms with Crippen LogP contribution in [0.15, 0.2) is 48.5 Å². The van der Waals surface area contributed by atoms with Gasteiger partial charge in [0.25, 0.3) is 0 Å². The standard InChI is InChI=1S/C17H18OS/c1-12-8-10-13(11-9-12)17(18)15-7-5-4-6-14(15)16(2,3)19-17/h4-11,18H,1-3H3. The summed E-state index contributed by atoms with van der Waals surface area (Å²) in [5, 5.41) is 11.2. The van der Waals surface area contributed by atoms with Crippen molar-refractivity contribution in [2.45, 2.75) is 30.5 Å². The monoisotopic (exact) mass is 270 g/mol. The summed E-state index contributed by atoms with van der Waals surface area (Å²) in [5.74, 6) is 0. The molecular formula is C17H18OS. The van der Waals surface area contributed by atoms with Gasteiger partial charge >= 0.3 is 0 Å². The highest BCUT2D eigenvalue weighted by Crippen LogP contribution is 2.59. The topological polar surface area (TPSA) is 20.2 Å². The lowest BCUT2D eigenvalue weighted by molar-refractivity contribution is 0.184. The van der Waals surface area contributed by atoms with Gasteiger partial charge < -0.3 is 5.11 Å². The second-order valence-electron chi connectivity index (χ2n) is 5.67. The Morgan fingerprint density at radius 2 is 1.47 bits per heavy atom. The Kier molecular flexibility index (Phi) is 2.77. The third kappa shape index (κ3) is 1.90. The maximum atomic E-state index is 11.2. The van der Waals surface area contributed by atoms with Crippen LogP contribution in [0, 0.1) is 6.92 Å². The smallest absolute Gasteiger partial charge is 0.162 e. The van der Waals surface area contributed by atoms with Gasteiger partial charge in [-0.25, -0.2) is 0 Å². The van der Waals surface area contributed by atoms with Crippen LogP contribution < -0.4 is 0 Å². The second kappa shape index (κ2) is 4.12. The fourth-order valence-electron chi connectivity index (χ4n) is 2.78. The van der Waals surface area contributed by atoms with Crippen molar-refractivity contribution in [2.24, 2.45) is 0 Å². The first-order valence-electron chi connectivity index (χ1n) is 6.53. The Bertz CT molecular complexity index is 615. The van der Waals surface area contributed by atoms with E-state index >= 15 is 0 Å². The molecule has 3 rings (SSSR count). The second-order valence-corrected chi connectivity index (χ2v) is 7.48. The van der Waals surface area contributed by atoms with Gasteiger partial charge in [-0.05, 0) is 31.9 Å². The van der Waals surface area contributed by atoms with Crippen molar-refractivity contribution in [1.29, 1.82) is 0 Å². The van der Waals surface area contributed by atoms with E-state index in [2.05, 4.69) is 39.0 Å². The number of benzene rings is 2. The Morgan fingerprint density at radius 3 is 2.11 bits per heavy atom. The van der Waals surface area contributed by atoms with Gasteiger partial charge in [0.2, 0.25) is 0 Å². The molecule has 1 unspecified atom stereocenters. The van der Waals surface area contributed by atoms with Crippen molar-refractivity contribution in [3.05, 3.63) is 70.8 Å². The van der Waals surface area contributed by atoms with Gasteiger partial charge in [-0.15, -0.1) is 11.8 Å².